The third-order valence-corrected chi connectivity index (χ3v) is 3.17. The molecular weight excluding hydrogens is 283 g/mol. The van der Waals surface area contributed by atoms with Crippen molar-refractivity contribution >= 4 is 28.9 Å². The van der Waals surface area contributed by atoms with Gasteiger partial charge < -0.3 is 16.2 Å². The molecule has 0 saturated heterocycles. The van der Waals surface area contributed by atoms with Gasteiger partial charge in [-0.15, -0.1) is 0 Å². The van der Waals surface area contributed by atoms with Crippen LogP contribution < -0.4 is 11.1 Å². The van der Waals surface area contributed by atoms with Gasteiger partial charge in [0.05, 0.1) is 16.9 Å². The highest BCUT2D eigenvalue weighted by Crippen LogP contribution is 2.24. The number of hydrogen-bond donors (Lipinski definition) is 3. The fourth-order valence-electron chi connectivity index (χ4n) is 1.74. The zero-order valence-electron chi connectivity index (χ0n) is 10.4. The lowest BCUT2D eigenvalue weighted by Crippen LogP contribution is -2.07. The Morgan fingerprint density at radius 2 is 2.05 bits per heavy atom. The standard InChI is InChI=1S/C14H12ClFN2O2/c15-10-4-2-1-3-8(10)7-18-13-6-11(16)9(14(19)20)5-12(13)17/h1-6,18H,7,17H2,(H,19,20). The minimum Gasteiger partial charge on any atom is -0.478 e. The van der Waals surface area contributed by atoms with Crippen LogP contribution in [0.2, 0.25) is 5.02 Å². The number of nitrogens with one attached hydrogen (secondary N) is 1. The number of nitrogens with two attached hydrogens (primary N) is 1. The van der Waals surface area contributed by atoms with Crippen LogP contribution in [0.15, 0.2) is 36.4 Å². The van der Waals surface area contributed by atoms with Crippen molar-refractivity contribution in [2.45, 2.75) is 6.54 Å². The van der Waals surface area contributed by atoms with Crippen LogP contribution in [-0.4, -0.2) is 11.1 Å². The number of carbonyl (C=O) groups is 1. The number of hydrogen-bond acceptors (Lipinski definition) is 3. The summed E-state index contributed by atoms with van der Waals surface area (Å²) < 4.78 is 13.6. The van der Waals surface area contributed by atoms with Crippen LogP contribution in [0.1, 0.15) is 15.9 Å². The molecule has 0 fully saturated rings. The summed E-state index contributed by atoms with van der Waals surface area (Å²) in [4.78, 5) is 10.8. The molecule has 0 aliphatic carbocycles. The lowest BCUT2D eigenvalue weighted by atomic mass is 10.1. The van der Waals surface area contributed by atoms with E-state index in [-0.39, 0.29) is 5.69 Å². The van der Waals surface area contributed by atoms with Crippen LogP contribution in [-0.2, 0) is 6.54 Å². The number of rotatable bonds is 4. The van der Waals surface area contributed by atoms with Crippen molar-refractivity contribution in [1.82, 2.24) is 0 Å². The second kappa shape index (κ2) is 5.79. The normalized spacial score (nSPS) is 10.3. The summed E-state index contributed by atoms with van der Waals surface area (Å²) in [6.07, 6.45) is 0. The van der Waals surface area contributed by atoms with Gasteiger partial charge in [0.1, 0.15) is 5.82 Å². The van der Waals surface area contributed by atoms with Gasteiger partial charge in [-0.25, -0.2) is 9.18 Å². The molecule has 0 aromatic heterocycles. The first-order valence-corrected chi connectivity index (χ1v) is 6.16. The first-order chi connectivity index (χ1) is 9.49. The first kappa shape index (κ1) is 14.1. The number of halogens is 2. The second-order valence-corrected chi connectivity index (χ2v) is 4.58. The largest absolute Gasteiger partial charge is 0.478 e. The summed E-state index contributed by atoms with van der Waals surface area (Å²) in [5.41, 5.74) is 6.57. The average molecular weight is 295 g/mol. The van der Waals surface area contributed by atoms with E-state index in [2.05, 4.69) is 5.32 Å². The highest BCUT2D eigenvalue weighted by atomic mass is 35.5. The molecule has 0 unspecified atom stereocenters. The van der Waals surface area contributed by atoms with E-state index in [1.54, 1.807) is 6.07 Å². The molecule has 104 valence electrons. The second-order valence-electron chi connectivity index (χ2n) is 4.17. The number of nitrogen functional groups attached to an aromatic ring is 1. The lowest BCUT2D eigenvalue weighted by Gasteiger charge is -2.11. The monoisotopic (exact) mass is 294 g/mol. The zero-order valence-corrected chi connectivity index (χ0v) is 11.1. The molecule has 0 spiro atoms. The van der Waals surface area contributed by atoms with Crippen molar-refractivity contribution in [3.63, 3.8) is 0 Å². The van der Waals surface area contributed by atoms with Crippen molar-refractivity contribution in [1.29, 1.82) is 0 Å². The number of anilines is 2. The van der Waals surface area contributed by atoms with Crippen LogP contribution in [0.3, 0.4) is 0 Å². The maximum atomic E-state index is 13.6. The van der Waals surface area contributed by atoms with Crippen LogP contribution in [0.5, 0.6) is 0 Å². The van der Waals surface area contributed by atoms with Gasteiger partial charge in [0, 0.05) is 11.6 Å². The van der Waals surface area contributed by atoms with Gasteiger partial charge in [0.2, 0.25) is 0 Å². The number of aromatic carboxylic acids is 1. The van der Waals surface area contributed by atoms with Crippen LogP contribution >= 0.6 is 11.6 Å². The Kier molecular flexibility index (Phi) is 4.10. The molecule has 0 amide bonds. The Hall–Kier alpha value is -2.27. The van der Waals surface area contributed by atoms with Gasteiger partial charge in [0.25, 0.3) is 0 Å². The lowest BCUT2D eigenvalue weighted by molar-refractivity contribution is 0.0692. The Morgan fingerprint density at radius 1 is 1.35 bits per heavy atom. The molecule has 2 aromatic rings. The third kappa shape index (κ3) is 3.00. The Labute approximate surface area is 120 Å². The molecule has 0 aliphatic rings. The van der Waals surface area contributed by atoms with Crippen LogP contribution in [0.25, 0.3) is 0 Å². The van der Waals surface area contributed by atoms with E-state index in [0.717, 1.165) is 17.7 Å². The van der Waals surface area contributed by atoms with Gasteiger partial charge >= 0.3 is 5.97 Å². The molecule has 0 bridgehead atoms. The summed E-state index contributed by atoms with van der Waals surface area (Å²) >= 11 is 6.01. The molecule has 0 aliphatic heterocycles. The molecule has 4 N–H and O–H groups in total. The summed E-state index contributed by atoms with van der Waals surface area (Å²) in [5.74, 6) is -2.19. The van der Waals surface area contributed by atoms with Crippen molar-refractivity contribution in [2.24, 2.45) is 0 Å². The van der Waals surface area contributed by atoms with Crippen LogP contribution in [0, 0.1) is 5.82 Å². The molecule has 0 heterocycles. The molecule has 0 atom stereocenters. The molecule has 6 heteroatoms. The minimum atomic E-state index is -1.35. The van der Waals surface area contributed by atoms with Gasteiger partial charge in [-0.05, 0) is 23.8 Å². The van der Waals surface area contributed by atoms with Gasteiger partial charge in [-0.2, -0.15) is 0 Å². The van der Waals surface area contributed by atoms with E-state index >= 15 is 0 Å². The average Bonchev–Trinajstić information content (AvgIpc) is 2.40. The SMILES string of the molecule is Nc1cc(C(=O)O)c(F)cc1NCc1ccccc1Cl. The summed E-state index contributed by atoms with van der Waals surface area (Å²) in [6.45, 7) is 0.357. The minimum absolute atomic E-state index is 0.163. The smallest absolute Gasteiger partial charge is 0.338 e. The number of carboxylic acid groups (broad SMARTS) is 1. The maximum Gasteiger partial charge on any atom is 0.338 e. The van der Waals surface area contributed by atoms with Crippen molar-refractivity contribution in [3.8, 4) is 0 Å². The number of benzene rings is 2. The predicted molar refractivity (Wildman–Crippen MR) is 76.6 cm³/mol. The zero-order chi connectivity index (χ0) is 14.7. The quantitative estimate of drug-likeness (QED) is 0.756. The van der Waals surface area contributed by atoms with Gasteiger partial charge in [-0.3, -0.25) is 0 Å². The van der Waals surface area contributed by atoms with E-state index in [9.17, 15) is 9.18 Å². The van der Waals surface area contributed by atoms with E-state index in [4.69, 9.17) is 22.4 Å². The van der Waals surface area contributed by atoms with Crippen molar-refractivity contribution < 1.29 is 14.3 Å². The Morgan fingerprint density at radius 3 is 2.70 bits per heavy atom. The topological polar surface area (TPSA) is 75.4 Å². The van der Waals surface area contributed by atoms with E-state index < -0.39 is 17.3 Å². The molecule has 0 saturated carbocycles. The summed E-state index contributed by atoms with van der Waals surface area (Å²) in [6, 6.07) is 9.37. The third-order valence-electron chi connectivity index (χ3n) is 2.80. The highest BCUT2D eigenvalue weighted by molar-refractivity contribution is 6.31. The highest BCUT2D eigenvalue weighted by Gasteiger charge is 2.13. The Bertz CT molecular complexity index is 662. The molecule has 2 aromatic carbocycles. The summed E-state index contributed by atoms with van der Waals surface area (Å²) in [5, 5.41) is 12.3. The van der Waals surface area contributed by atoms with Crippen molar-refractivity contribution in [2.75, 3.05) is 11.1 Å². The molecule has 4 nitrogen and oxygen atoms in total. The fraction of sp³-hybridized carbons (Fsp3) is 0.0714. The maximum absolute atomic E-state index is 13.6. The van der Waals surface area contributed by atoms with Gasteiger partial charge in [-0.1, -0.05) is 29.8 Å². The molecule has 2 rings (SSSR count). The van der Waals surface area contributed by atoms with E-state index in [0.29, 0.717) is 17.3 Å². The molecular formula is C14H12ClFN2O2. The molecule has 20 heavy (non-hydrogen) atoms. The first-order valence-electron chi connectivity index (χ1n) is 5.78. The number of carboxylic acids is 1. The fourth-order valence-corrected chi connectivity index (χ4v) is 1.94. The van der Waals surface area contributed by atoms with E-state index in [1.807, 2.05) is 18.2 Å². The van der Waals surface area contributed by atoms with Crippen molar-refractivity contribution in [3.05, 3.63) is 58.4 Å². The predicted octanol–water partition coefficient (Wildman–Crippen LogP) is 3.37. The summed E-state index contributed by atoms with van der Waals surface area (Å²) in [7, 11) is 0. The Balaban J connectivity index is 2.21. The molecule has 0 radical (unpaired) electrons. The van der Waals surface area contributed by atoms with E-state index in [1.165, 1.54) is 0 Å². The van der Waals surface area contributed by atoms with Gasteiger partial charge in [0.15, 0.2) is 0 Å². The van der Waals surface area contributed by atoms with Crippen LogP contribution in [0.4, 0.5) is 15.8 Å².